The summed E-state index contributed by atoms with van der Waals surface area (Å²) >= 11 is 1.43. The summed E-state index contributed by atoms with van der Waals surface area (Å²) in [7, 11) is -3.51. The second-order valence-electron chi connectivity index (χ2n) is 5.21. The van der Waals surface area contributed by atoms with Crippen LogP contribution < -0.4 is 4.72 Å². The van der Waals surface area contributed by atoms with Crippen LogP contribution in [0.3, 0.4) is 0 Å². The van der Waals surface area contributed by atoms with E-state index in [0.717, 1.165) is 23.1 Å². The van der Waals surface area contributed by atoms with Gasteiger partial charge in [-0.2, -0.15) is 0 Å². The Bertz CT molecular complexity index is 718. The predicted molar refractivity (Wildman–Crippen MR) is 78.4 cm³/mol. The fourth-order valence-electron chi connectivity index (χ4n) is 2.31. The molecule has 1 unspecified atom stereocenters. The van der Waals surface area contributed by atoms with Crippen molar-refractivity contribution in [3.8, 4) is 0 Å². The van der Waals surface area contributed by atoms with Gasteiger partial charge in [0.25, 0.3) is 0 Å². The number of hydrogen-bond donors (Lipinski definition) is 1. The average molecular weight is 312 g/mol. The minimum absolute atomic E-state index is 0.274. The monoisotopic (exact) mass is 312 g/mol. The normalized spacial score (nSPS) is 23.4. The summed E-state index contributed by atoms with van der Waals surface area (Å²) in [6.45, 7) is 2.94. The Hall–Kier alpha value is -1.02. The second-order valence-corrected chi connectivity index (χ2v) is 7.86. The molecule has 2 aromatic rings. The number of nitrogens with one attached hydrogen (secondary N) is 1. The Morgan fingerprint density at radius 2 is 2.35 bits per heavy atom. The van der Waals surface area contributed by atoms with E-state index in [9.17, 15) is 8.42 Å². The standard InChI is InChI=1S/C13H16N2O3S2/c1-13(5-2-6-18-13)8-15-20(16,17)10-3-4-11-12(7-10)19-9-14-11/h3-4,7,9,15H,2,5-6,8H2,1H3. The van der Waals surface area contributed by atoms with Crippen LogP contribution in [0.5, 0.6) is 0 Å². The molecule has 1 aliphatic rings. The molecule has 0 spiro atoms. The summed E-state index contributed by atoms with van der Waals surface area (Å²) in [5, 5.41) is 0. The van der Waals surface area contributed by atoms with Gasteiger partial charge in [0, 0.05) is 13.2 Å². The summed E-state index contributed by atoms with van der Waals surface area (Å²) in [6.07, 6.45) is 1.86. The molecule has 0 amide bonds. The summed E-state index contributed by atoms with van der Waals surface area (Å²) in [5.41, 5.74) is 2.14. The first-order valence-corrected chi connectivity index (χ1v) is 8.82. The number of sulfonamides is 1. The fourth-order valence-corrected chi connectivity index (χ4v) is 4.28. The van der Waals surface area contributed by atoms with Crippen molar-refractivity contribution >= 4 is 31.6 Å². The summed E-state index contributed by atoms with van der Waals surface area (Å²) in [4.78, 5) is 4.42. The molecule has 1 aliphatic heterocycles. The third-order valence-electron chi connectivity index (χ3n) is 3.55. The summed E-state index contributed by atoms with van der Waals surface area (Å²) in [6, 6.07) is 4.98. The molecule has 1 N–H and O–H groups in total. The van der Waals surface area contributed by atoms with Gasteiger partial charge in [0.1, 0.15) is 0 Å². The van der Waals surface area contributed by atoms with Gasteiger partial charge in [-0.1, -0.05) is 0 Å². The van der Waals surface area contributed by atoms with Gasteiger partial charge in [0.15, 0.2) is 0 Å². The first-order chi connectivity index (χ1) is 9.49. The highest BCUT2D eigenvalue weighted by Crippen LogP contribution is 2.25. The molecule has 108 valence electrons. The van der Waals surface area contributed by atoms with Gasteiger partial charge < -0.3 is 4.74 Å². The van der Waals surface area contributed by atoms with E-state index in [4.69, 9.17) is 4.74 Å². The van der Waals surface area contributed by atoms with E-state index < -0.39 is 10.0 Å². The molecule has 2 heterocycles. The lowest BCUT2D eigenvalue weighted by Gasteiger charge is -2.23. The smallest absolute Gasteiger partial charge is 0.240 e. The van der Waals surface area contributed by atoms with Crippen LogP contribution in [0.2, 0.25) is 0 Å². The zero-order valence-corrected chi connectivity index (χ0v) is 12.8. The molecule has 1 saturated heterocycles. The molecule has 1 aromatic carbocycles. The van der Waals surface area contributed by atoms with E-state index in [2.05, 4.69) is 9.71 Å². The van der Waals surface area contributed by atoms with Gasteiger partial charge in [-0.05, 0) is 38.0 Å². The maximum atomic E-state index is 12.3. The van der Waals surface area contributed by atoms with Gasteiger partial charge in [0.2, 0.25) is 10.0 Å². The van der Waals surface area contributed by atoms with Gasteiger partial charge in [-0.3, -0.25) is 0 Å². The largest absolute Gasteiger partial charge is 0.374 e. The zero-order chi connectivity index (χ0) is 14.2. The minimum atomic E-state index is -3.51. The van der Waals surface area contributed by atoms with Crippen LogP contribution in [0.1, 0.15) is 19.8 Å². The van der Waals surface area contributed by atoms with Gasteiger partial charge in [0.05, 0.1) is 26.2 Å². The van der Waals surface area contributed by atoms with Crippen LogP contribution in [-0.2, 0) is 14.8 Å². The molecule has 0 bridgehead atoms. The molecule has 7 heteroatoms. The van der Waals surface area contributed by atoms with Crippen LogP contribution in [0.25, 0.3) is 10.2 Å². The van der Waals surface area contributed by atoms with E-state index in [0.29, 0.717) is 13.2 Å². The Morgan fingerprint density at radius 3 is 3.10 bits per heavy atom. The third kappa shape index (κ3) is 2.71. The van der Waals surface area contributed by atoms with Crippen LogP contribution in [0, 0.1) is 0 Å². The topological polar surface area (TPSA) is 68.3 Å². The Balaban J connectivity index is 1.80. The van der Waals surface area contributed by atoms with Crippen molar-refractivity contribution in [2.24, 2.45) is 0 Å². The van der Waals surface area contributed by atoms with Crippen LogP contribution >= 0.6 is 11.3 Å². The number of rotatable bonds is 4. The third-order valence-corrected chi connectivity index (χ3v) is 5.74. The van der Waals surface area contributed by atoms with Crippen molar-refractivity contribution in [3.05, 3.63) is 23.7 Å². The van der Waals surface area contributed by atoms with Gasteiger partial charge in [-0.25, -0.2) is 18.1 Å². The first kappa shape index (κ1) is 13.9. The summed E-state index contributed by atoms with van der Waals surface area (Å²) < 4.78 is 33.7. The second kappa shape index (κ2) is 5.07. The highest BCUT2D eigenvalue weighted by atomic mass is 32.2. The molecular formula is C13H16N2O3S2. The maximum Gasteiger partial charge on any atom is 0.240 e. The van der Waals surface area contributed by atoms with E-state index in [-0.39, 0.29) is 10.5 Å². The lowest BCUT2D eigenvalue weighted by atomic mass is 10.0. The van der Waals surface area contributed by atoms with Crippen molar-refractivity contribution in [2.75, 3.05) is 13.2 Å². The minimum Gasteiger partial charge on any atom is -0.374 e. The SMILES string of the molecule is CC1(CNS(=O)(=O)c2ccc3ncsc3c2)CCCO1. The van der Waals surface area contributed by atoms with Crippen molar-refractivity contribution in [3.63, 3.8) is 0 Å². The van der Waals surface area contributed by atoms with Crippen molar-refractivity contribution < 1.29 is 13.2 Å². The predicted octanol–water partition coefficient (Wildman–Crippen LogP) is 2.14. The highest BCUT2D eigenvalue weighted by molar-refractivity contribution is 7.89. The van der Waals surface area contributed by atoms with Gasteiger partial charge in [-0.15, -0.1) is 11.3 Å². The Morgan fingerprint density at radius 1 is 1.50 bits per heavy atom. The molecular weight excluding hydrogens is 296 g/mol. The Labute approximate surface area is 122 Å². The quantitative estimate of drug-likeness (QED) is 0.939. The van der Waals surface area contributed by atoms with E-state index in [1.165, 1.54) is 11.3 Å². The van der Waals surface area contributed by atoms with Crippen molar-refractivity contribution in [1.29, 1.82) is 0 Å². The molecule has 3 rings (SSSR count). The molecule has 1 atom stereocenters. The molecule has 1 fully saturated rings. The highest BCUT2D eigenvalue weighted by Gasteiger charge is 2.31. The number of ether oxygens (including phenoxy) is 1. The molecule has 5 nitrogen and oxygen atoms in total. The number of nitrogens with zero attached hydrogens (tertiary/aromatic N) is 1. The first-order valence-electron chi connectivity index (χ1n) is 6.45. The van der Waals surface area contributed by atoms with Gasteiger partial charge >= 0.3 is 0 Å². The number of fused-ring (bicyclic) bond motifs is 1. The average Bonchev–Trinajstić information content (AvgIpc) is 3.05. The van der Waals surface area contributed by atoms with Crippen LogP contribution in [-0.4, -0.2) is 32.2 Å². The molecule has 20 heavy (non-hydrogen) atoms. The number of aromatic nitrogens is 1. The van der Waals surface area contributed by atoms with E-state index >= 15 is 0 Å². The zero-order valence-electron chi connectivity index (χ0n) is 11.1. The molecule has 0 radical (unpaired) electrons. The molecule has 0 saturated carbocycles. The van der Waals surface area contributed by atoms with Crippen molar-refractivity contribution in [1.82, 2.24) is 9.71 Å². The summed E-state index contributed by atoms with van der Waals surface area (Å²) in [5.74, 6) is 0. The lowest BCUT2D eigenvalue weighted by Crippen LogP contribution is -2.40. The number of benzene rings is 1. The fraction of sp³-hybridized carbons (Fsp3) is 0.462. The number of hydrogen-bond acceptors (Lipinski definition) is 5. The maximum absolute atomic E-state index is 12.3. The van der Waals surface area contributed by atoms with Crippen LogP contribution in [0.4, 0.5) is 0 Å². The number of thiazole rings is 1. The Kier molecular flexibility index (Phi) is 3.53. The van der Waals surface area contributed by atoms with E-state index in [1.54, 1.807) is 23.7 Å². The lowest BCUT2D eigenvalue weighted by molar-refractivity contribution is 0.0250. The molecule has 0 aliphatic carbocycles. The van der Waals surface area contributed by atoms with E-state index in [1.807, 2.05) is 6.92 Å². The van der Waals surface area contributed by atoms with Crippen LogP contribution in [0.15, 0.2) is 28.6 Å². The van der Waals surface area contributed by atoms with Crippen molar-refractivity contribution in [2.45, 2.75) is 30.3 Å². The molecule has 1 aromatic heterocycles.